The second kappa shape index (κ2) is 4.14. The molecule has 3 rings (SSSR count). The zero-order valence-corrected chi connectivity index (χ0v) is 11.6. The van der Waals surface area contributed by atoms with Crippen LogP contribution in [0.15, 0.2) is 23.1 Å². The molecule has 0 bridgehead atoms. The lowest BCUT2D eigenvalue weighted by Gasteiger charge is -2.26. The summed E-state index contributed by atoms with van der Waals surface area (Å²) in [6.07, 6.45) is 4.23. The molecule has 18 heavy (non-hydrogen) atoms. The van der Waals surface area contributed by atoms with Crippen LogP contribution in [0.1, 0.15) is 25.7 Å². The molecule has 1 aliphatic heterocycles. The Morgan fingerprint density at radius 2 is 1.94 bits per heavy atom. The lowest BCUT2D eigenvalue weighted by atomic mass is 9.88. The van der Waals surface area contributed by atoms with E-state index in [0.29, 0.717) is 22.2 Å². The van der Waals surface area contributed by atoms with Gasteiger partial charge in [-0.2, -0.15) is 0 Å². The monoisotopic (exact) mass is 285 g/mol. The molecule has 1 N–H and O–H groups in total. The summed E-state index contributed by atoms with van der Waals surface area (Å²) >= 11 is 6.11. The van der Waals surface area contributed by atoms with Crippen molar-refractivity contribution in [3.05, 3.63) is 23.2 Å². The molecular weight excluding hydrogens is 270 g/mol. The maximum atomic E-state index is 12.5. The zero-order chi connectivity index (χ0) is 12.8. The number of benzene rings is 1. The Kier molecular flexibility index (Phi) is 2.83. The van der Waals surface area contributed by atoms with Crippen molar-refractivity contribution in [3.63, 3.8) is 0 Å². The fourth-order valence-corrected chi connectivity index (χ4v) is 5.62. The first-order chi connectivity index (χ1) is 8.53. The molecule has 5 heteroatoms. The average molecular weight is 286 g/mol. The van der Waals surface area contributed by atoms with Crippen molar-refractivity contribution in [1.82, 2.24) is 0 Å². The quantitative estimate of drug-likeness (QED) is 0.797. The molecule has 1 aromatic carbocycles. The highest BCUT2D eigenvalue weighted by molar-refractivity contribution is 7.91. The third-order valence-electron chi connectivity index (χ3n) is 4.11. The van der Waals surface area contributed by atoms with E-state index in [2.05, 4.69) is 5.32 Å². The number of rotatable bonds is 0. The topological polar surface area (TPSA) is 46.2 Å². The first-order valence-corrected chi connectivity index (χ1v) is 8.31. The Morgan fingerprint density at radius 1 is 1.22 bits per heavy atom. The Balaban J connectivity index is 2.11. The van der Waals surface area contributed by atoms with E-state index >= 15 is 0 Å². The van der Waals surface area contributed by atoms with Crippen molar-refractivity contribution in [3.8, 4) is 0 Å². The Bertz CT molecular complexity index is 577. The van der Waals surface area contributed by atoms with Crippen molar-refractivity contribution in [1.29, 1.82) is 0 Å². The molecule has 98 valence electrons. The minimum atomic E-state index is -3.24. The van der Waals surface area contributed by atoms with Gasteiger partial charge in [0.2, 0.25) is 0 Å². The van der Waals surface area contributed by atoms with Crippen LogP contribution in [0.5, 0.6) is 0 Å². The summed E-state index contributed by atoms with van der Waals surface area (Å²) in [6, 6.07) is 5.08. The van der Waals surface area contributed by atoms with Crippen LogP contribution in [-0.4, -0.2) is 20.7 Å². The second-order valence-corrected chi connectivity index (χ2v) is 7.80. The first-order valence-electron chi connectivity index (χ1n) is 6.28. The van der Waals surface area contributed by atoms with Gasteiger partial charge in [0.15, 0.2) is 9.84 Å². The lowest BCUT2D eigenvalue weighted by Crippen LogP contribution is -2.31. The van der Waals surface area contributed by atoms with Crippen molar-refractivity contribution < 1.29 is 8.42 Å². The van der Waals surface area contributed by atoms with E-state index in [1.807, 2.05) is 0 Å². The molecule has 0 amide bonds. The predicted octanol–water partition coefficient (Wildman–Crippen LogP) is 3.10. The number of nitrogens with one attached hydrogen (secondary N) is 1. The number of para-hydroxylation sites is 1. The van der Waals surface area contributed by atoms with E-state index in [4.69, 9.17) is 11.6 Å². The lowest BCUT2D eigenvalue weighted by molar-refractivity contribution is 0.365. The van der Waals surface area contributed by atoms with Gasteiger partial charge in [-0.05, 0) is 25.0 Å². The molecule has 3 nitrogen and oxygen atoms in total. The summed E-state index contributed by atoms with van der Waals surface area (Å²) in [5, 5.41) is 3.76. The minimum Gasteiger partial charge on any atom is -0.382 e. The zero-order valence-electron chi connectivity index (χ0n) is 10.1. The molecule has 0 unspecified atom stereocenters. The van der Waals surface area contributed by atoms with E-state index in [-0.39, 0.29) is 11.2 Å². The summed E-state index contributed by atoms with van der Waals surface area (Å²) in [4.78, 5) is 0.360. The molecule has 1 aliphatic carbocycles. The van der Waals surface area contributed by atoms with Gasteiger partial charge in [0, 0.05) is 12.0 Å². The summed E-state index contributed by atoms with van der Waals surface area (Å²) in [6.45, 7) is 0.711. The number of fused-ring (bicyclic) bond motifs is 1. The largest absolute Gasteiger partial charge is 0.382 e. The molecule has 1 aromatic rings. The van der Waals surface area contributed by atoms with E-state index < -0.39 is 9.84 Å². The molecule has 0 aromatic heterocycles. The van der Waals surface area contributed by atoms with Gasteiger partial charge in [0.1, 0.15) is 0 Å². The van der Waals surface area contributed by atoms with Gasteiger partial charge < -0.3 is 5.32 Å². The highest BCUT2D eigenvalue weighted by Gasteiger charge is 2.41. The molecule has 0 atom stereocenters. The highest BCUT2D eigenvalue weighted by Crippen LogP contribution is 2.44. The summed E-state index contributed by atoms with van der Waals surface area (Å²) in [5.41, 5.74) is 0.490. The van der Waals surface area contributed by atoms with Crippen molar-refractivity contribution in [2.75, 3.05) is 17.6 Å². The summed E-state index contributed by atoms with van der Waals surface area (Å²) in [5.74, 6) is 0.250. The Morgan fingerprint density at radius 3 is 2.67 bits per heavy atom. The van der Waals surface area contributed by atoms with Crippen molar-refractivity contribution in [2.45, 2.75) is 30.6 Å². The van der Waals surface area contributed by atoms with Gasteiger partial charge in [-0.25, -0.2) is 8.42 Å². The maximum absolute atomic E-state index is 12.5. The van der Waals surface area contributed by atoms with Gasteiger partial charge >= 0.3 is 0 Å². The van der Waals surface area contributed by atoms with E-state index in [1.165, 1.54) is 0 Å². The number of hydrogen-bond donors (Lipinski definition) is 1. The Hall–Kier alpha value is -0.740. The molecule has 1 fully saturated rings. The molecule has 0 saturated heterocycles. The second-order valence-electron chi connectivity index (χ2n) is 5.43. The average Bonchev–Trinajstić information content (AvgIpc) is 2.70. The van der Waals surface area contributed by atoms with E-state index in [1.54, 1.807) is 18.2 Å². The summed E-state index contributed by atoms with van der Waals surface area (Å²) < 4.78 is 25.0. The van der Waals surface area contributed by atoms with Crippen LogP contribution in [0.2, 0.25) is 5.02 Å². The molecule has 1 spiro atoms. The molecule has 2 aliphatic rings. The third kappa shape index (κ3) is 1.91. The fraction of sp³-hybridized carbons (Fsp3) is 0.538. The van der Waals surface area contributed by atoms with Gasteiger partial charge in [-0.15, -0.1) is 0 Å². The van der Waals surface area contributed by atoms with Crippen LogP contribution in [0, 0.1) is 5.41 Å². The van der Waals surface area contributed by atoms with E-state index in [9.17, 15) is 8.42 Å². The van der Waals surface area contributed by atoms with Gasteiger partial charge in [-0.3, -0.25) is 0 Å². The number of hydrogen-bond acceptors (Lipinski definition) is 3. The first kappa shape index (κ1) is 12.3. The SMILES string of the molecule is O=S1(=O)CC2(CCCC2)CNc2c(Cl)cccc21. The smallest absolute Gasteiger partial charge is 0.181 e. The van der Waals surface area contributed by atoms with Gasteiger partial charge in [-0.1, -0.05) is 30.5 Å². The Labute approximate surface area is 112 Å². The van der Waals surface area contributed by atoms with Crippen molar-refractivity contribution in [2.24, 2.45) is 5.41 Å². The van der Waals surface area contributed by atoms with Crippen LogP contribution in [0.4, 0.5) is 5.69 Å². The van der Waals surface area contributed by atoms with E-state index in [0.717, 1.165) is 25.7 Å². The molecule has 1 heterocycles. The van der Waals surface area contributed by atoms with Gasteiger partial charge in [0.25, 0.3) is 0 Å². The van der Waals surface area contributed by atoms with Crippen LogP contribution < -0.4 is 5.32 Å². The summed E-state index contributed by atoms with van der Waals surface area (Å²) in [7, 11) is -3.24. The molecule has 1 saturated carbocycles. The fourth-order valence-electron chi connectivity index (χ4n) is 3.19. The van der Waals surface area contributed by atoms with Crippen LogP contribution >= 0.6 is 11.6 Å². The van der Waals surface area contributed by atoms with Crippen LogP contribution in [-0.2, 0) is 9.84 Å². The highest BCUT2D eigenvalue weighted by atomic mass is 35.5. The third-order valence-corrected chi connectivity index (χ3v) is 6.43. The minimum absolute atomic E-state index is 0.0960. The molecule has 0 radical (unpaired) electrons. The standard InChI is InChI=1S/C13H16ClNO2S/c14-10-4-3-5-11-12(10)15-8-13(6-1-2-7-13)9-18(11,16)17/h3-5,15H,1-2,6-9H2. The number of anilines is 1. The van der Waals surface area contributed by atoms with Crippen LogP contribution in [0.25, 0.3) is 0 Å². The van der Waals surface area contributed by atoms with Gasteiger partial charge in [0.05, 0.1) is 21.4 Å². The van der Waals surface area contributed by atoms with Crippen molar-refractivity contribution >= 4 is 27.1 Å². The number of halogens is 1. The normalized spacial score (nSPS) is 24.3. The number of sulfone groups is 1. The maximum Gasteiger partial charge on any atom is 0.181 e. The van der Waals surface area contributed by atoms with Crippen LogP contribution in [0.3, 0.4) is 0 Å². The molecular formula is C13H16ClNO2S. The predicted molar refractivity (Wildman–Crippen MR) is 72.9 cm³/mol.